The molecule has 0 aliphatic rings. The maximum absolute atomic E-state index is 12.7. The summed E-state index contributed by atoms with van der Waals surface area (Å²) in [7, 11) is 1.31. The molecule has 0 unspecified atom stereocenters. The van der Waals surface area contributed by atoms with Crippen LogP contribution in [-0.4, -0.2) is 27.2 Å². The third-order valence-electron chi connectivity index (χ3n) is 3.42. The molecule has 0 fully saturated rings. The van der Waals surface area contributed by atoms with E-state index in [0.29, 0.717) is 5.52 Å². The fourth-order valence-corrected chi connectivity index (χ4v) is 2.32. The molecule has 3 aromatic rings. The lowest BCUT2D eigenvalue weighted by Crippen LogP contribution is -2.07. The second kappa shape index (κ2) is 5.41. The Balaban J connectivity index is 2.11. The van der Waals surface area contributed by atoms with Crippen molar-refractivity contribution in [1.29, 1.82) is 0 Å². The molecule has 0 atom stereocenters. The summed E-state index contributed by atoms with van der Waals surface area (Å²) in [5, 5.41) is 10.9. The van der Waals surface area contributed by atoms with E-state index in [1.54, 1.807) is 28.8 Å². The second-order valence-electron chi connectivity index (χ2n) is 4.75. The van der Waals surface area contributed by atoms with Crippen LogP contribution in [0.25, 0.3) is 5.52 Å². The number of rotatable bonds is 4. The number of ketones is 1. The first-order chi connectivity index (χ1) is 11.0. The standard InChI is InChI=1S/C15H12N4O4/c1-23-12-8-9(5-6-10(12)19(21)22)13(20)15-17-14(16)11-4-2-3-7-18(11)15/h2-8H,16H2,1H3. The summed E-state index contributed by atoms with van der Waals surface area (Å²) in [5.41, 5.74) is 6.44. The predicted octanol–water partition coefficient (Wildman–Crippen LogP) is 2.06. The molecule has 0 bridgehead atoms. The first kappa shape index (κ1) is 14.5. The number of hydrogen-bond acceptors (Lipinski definition) is 6. The normalized spacial score (nSPS) is 10.7. The summed E-state index contributed by atoms with van der Waals surface area (Å²) in [6.07, 6.45) is 1.68. The van der Waals surface area contributed by atoms with Crippen molar-refractivity contribution in [3.63, 3.8) is 0 Å². The number of ether oxygens (including phenoxy) is 1. The average molecular weight is 312 g/mol. The number of nitro groups is 1. The molecule has 23 heavy (non-hydrogen) atoms. The number of nitrogen functional groups attached to an aromatic ring is 1. The van der Waals surface area contributed by atoms with Gasteiger partial charge in [-0.25, -0.2) is 4.98 Å². The number of aromatic nitrogens is 2. The number of pyridine rings is 1. The van der Waals surface area contributed by atoms with Crippen LogP contribution >= 0.6 is 0 Å². The minimum atomic E-state index is -0.573. The second-order valence-corrected chi connectivity index (χ2v) is 4.75. The number of methoxy groups -OCH3 is 1. The van der Waals surface area contributed by atoms with E-state index in [1.165, 1.54) is 25.3 Å². The molecule has 8 heteroatoms. The topological polar surface area (TPSA) is 113 Å². The molecular formula is C15H12N4O4. The lowest BCUT2D eigenvalue weighted by Gasteiger charge is -2.04. The molecule has 0 radical (unpaired) electrons. The molecule has 2 N–H and O–H groups in total. The van der Waals surface area contributed by atoms with Gasteiger partial charge in [0.1, 0.15) is 5.82 Å². The number of fused-ring (bicyclic) bond motifs is 1. The minimum absolute atomic E-state index is 0.00897. The van der Waals surface area contributed by atoms with Crippen molar-refractivity contribution in [3.05, 3.63) is 64.1 Å². The lowest BCUT2D eigenvalue weighted by atomic mass is 10.1. The Morgan fingerprint density at radius 1 is 1.35 bits per heavy atom. The monoisotopic (exact) mass is 312 g/mol. The molecule has 0 spiro atoms. The third kappa shape index (κ3) is 2.35. The van der Waals surface area contributed by atoms with E-state index in [4.69, 9.17) is 10.5 Å². The molecule has 3 rings (SSSR count). The highest BCUT2D eigenvalue weighted by Gasteiger charge is 2.21. The number of carbonyl (C=O) groups is 1. The fraction of sp³-hybridized carbons (Fsp3) is 0.0667. The highest BCUT2D eigenvalue weighted by Crippen LogP contribution is 2.28. The predicted molar refractivity (Wildman–Crippen MR) is 82.7 cm³/mol. The summed E-state index contributed by atoms with van der Waals surface area (Å²) < 4.78 is 6.56. The Bertz CT molecular complexity index is 932. The summed E-state index contributed by atoms with van der Waals surface area (Å²) in [6, 6.07) is 9.20. The summed E-state index contributed by atoms with van der Waals surface area (Å²) in [4.78, 5) is 27.1. The molecular weight excluding hydrogens is 300 g/mol. The van der Waals surface area contributed by atoms with Gasteiger partial charge >= 0.3 is 5.69 Å². The number of benzene rings is 1. The molecule has 116 valence electrons. The summed E-state index contributed by atoms with van der Waals surface area (Å²) >= 11 is 0. The molecule has 2 heterocycles. The number of carbonyl (C=O) groups excluding carboxylic acids is 1. The Morgan fingerprint density at radius 2 is 2.13 bits per heavy atom. The van der Waals surface area contributed by atoms with Crippen LogP contribution in [0.2, 0.25) is 0 Å². The largest absolute Gasteiger partial charge is 0.490 e. The number of anilines is 1. The van der Waals surface area contributed by atoms with Crippen molar-refractivity contribution >= 4 is 22.8 Å². The Hall–Kier alpha value is -3.42. The molecule has 8 nitrogen and oxygen atoms in total. The van der Waals surface area contributed by atoms with E-state index < -0.39 is 10.7 Å². The van der Waals surface area contributed by atoms with E-state index >= 15 is 0 Å². The Morgan fingerprint density at radius 3 is 2.83 bits per heavy atom. The van der Waals surface area contributed by atoms with Gasteiger partial charge in [0.15, 0.2) is 11.6 Å². The van der Waals surface area contributed by atoms with Gasteiger partial charge in [-0.2, -0.15) is 0 Å². The molecule has 0 aliphatic carbocycles. The van der Waals surface area contributed by atoms with Crippen LogP contribution in [0, 0.1) is 10.1 Å². The molecule has 2 aromatic heterocycles. The smallest absolute Gasteiger partial charge is 0.310 e. The highest BCUT2D eigenvalue weighted by atomic mass is 16.6. The van der Waals surface area contributed by atoms with Crippen LogP contribution in [0.5, 0.6) is 5.75 Å². The minimum Gasteiger partial charge on any atom is -0.490 e. The summed E-state index contributed by atoms with van der Waals surface area (Å²) in [6.45, 7) is 0. The maximum atomic E-state index is 12.7. The van der Waals surface area contributed by atoms with Gasteiger partial charge in [-0.15, -0.1) is 0 Å². The first-order valence-electron chi connectivity index (χ1n) is 6.62. The number of imidazole rings is 1. The van der Waals surface area contributed by atoms with Gasteiger partial charge in [0.2, 0.25) is 5.78 Å². The van der Waals surface area contributed by atoms with Crippen LogP contribution < -0.4 is 10.5 Å². The highest BCUT2D eigenvalue weighted by molar-refractivity contribution is 6.08. The number of nitrogens with zero attached hydrogens (tertiary/aromatic N) is 3. The van der Waals surface area contributed by atoms with Crippen molar-refractivity contribution in [2.24, 2.45) is 0 Å². The van der Waals surface area contributed by atoms with Crippen LogP contribution in [0.3, 0.4) is 0 Å². The van der Waals surface area contributed by atoms with Gasteiger partial charge in [-0.1, -0.05) is 6.07 Å². The van der Waals surface area contributed by atoms with Crippen molar-refractivity contribution in [2.45, 2.75) is 0 Å². The number of nitro benzene ring substituents is 1. The average Bonchev–Trinajstić information content (AvgIpc) is 2.91. The van der Waals surface area contributed by atoms with Crippen molar-refractivity contribution in [2.75, 3.05) is 12.8 Å². The summed E-state index contributed by atoms with van der Waals surface area (Å²) in [5.74, 6) is -0.0254. The van der Waals surface area contributed by atoms with E-state index in [-0.39, 0.29) is 28.6 Å². The Labute approximate surface area is 130 Å². The third-order valence-corrected chi connectivity index (χ3v) is 3.42. The van der Waals surface area contributed by atoms with Gasteiger partial charge in [0.05, 0.1) is 17.5 Å². The van der Waals surface area contributed by atoms with Crippen LogP contribution in [-0.2, 0) is 0 Å². The van der Waals surface area contributed by atoms with Gasteiger partial charge in [-0.3, -0.25) is 19.3 Å². The van der Waals surface area contributed by atoms with Crippen LogP contribution in [0.4, 0.5) is 11.5 Å². The molecule has 0 saturated heterocycles. The SMILES string of the molecule is COc1cc(C(=O)c2nc(N)c3ccccn23)ccc1[N+](=O)[O-]. The maximum Gasteiger partial charge on any atom is 0.310 e. The number of nitrogens with two attached hydrogens (primary N) is 1. The van der Waals surface area contributed by atoms with Gasteiger partial charge in [0.25, 0.3) is 0 Å². The van der Waals surface area contributed by atoms with Crippen molar-refractivity contribution < 1.29 is 14.5 Å². The van der Waals surface area contributed by atoms with Gasteiger partial charge in [0, 0.05) is 17.8 Å². The van der Waals surface area contributed by atoms with Crippen LogP contribution in [0.15, 0.2) is 42.6 Å². The lowest BCUT2D eigenvalue weighted by molar-refractivity contribution is -0.385. The van der Waals surface area contributed by atoms with Crippen LogP contribution in [0.1, 0.15) is 16.2 Å². The molecule has 0 saturated carbocycles. The van der Waals surface area contributed by atoms with Crippen molar-refractivity contribution in [3.8, 4) is 5.75 Å². The zero-order chi connectivity index (χ0) is 16.6. The fourth-order valence-electron chi connectivity index (χ4n) is 2.32. The van der Waals surface area contributed by atoms with Gasteiger partial charge in [-0.05, 0) is 24.3 Å². The quantitative estimate of drug-likeness (QED) is 0.448. The van der Waals surface area contributed by atoms with E-state index in [9.17, 15) is 14.9 Å². The molecule has 1 aromatic carbocycles. The zero-order valence-corrected chi connectivity index (χ0v) is 12.1. The Kier molecular flexibility index (Phi) is 3.41. The van der Waals surface area contributed by atoms with Gasteiger partial charge < -0.3 is 10.5 Å². The van der Waals surface area contributed by atoms with Crippen molar-refractivity contribution in [1.82, 2.24) is 9.38 Å². The van der Waals surface area contributed by atoms with E-state index in [2.05, 4.69) is 4.98 Å². The number of hydrogen-bond donors (Lipinski definition) is 1. The first-order valence-corrected chi connectivity index (χ1v) is 6.62. The molecule has 0 amide bonds. The van der Waals surface area contributed by atoms with E-state index in [0.717, 1.165) is 0 Å². The molecule has 0 aliphatic heterocycles. The van der Waals surface area contributed by atoms with E-state index in [1.807, 2.05) is 0 Å². The zero-order valence-electron chi connectivity index (χ0n) is 12.1.